The predicted octanol–water partition coefficient (Wildman–Crippen LogP) is 3.31. The number of halogens is 1. The molecular weight excluding hydrogens is 318 g/mol. The Hall–Kier alpha value is -0.870. The summed E-state index contributed by atoms with van der Waals surface area (Å²) in [4.78, 5) is 12.1. The van der Waals surface area contributed by atoms with Crippen molar-refractivity contribution in [1.29, 1.82) is 0 Å². The number of benzene rings is 1. The molecule has 0 aliphatic carbocycles. The monoisotopic (exact) mass is 339 g/mol. The topological polar surface area (TPSA) is 38.3 Å². The van der Waals surface area contributed by atoms with Crippen LogP contribution in [0, 0.1) is 5.92 Å². The molecule has 0 radical (unpaired) electrons. The maximum atomic E-state index is 12.1. The molecule has 2 unspecified atom stereocenters. The Morgan fingerprint density at radius 2 is 2.20 bits per heavy atom. The van der Waals surface area contributed by atoms with Crippen molar-refractivity contribution in [3.05, 3.63) is 34.3 Å². The van der Waals surface area contributed by atoms with E-state index < -0.39 is 0 Å². The van der Waals surface area contributed by atoms with Gasteiger partial charge in [0.25, 0.3) is 0 Å². The SMILES string of the molecule is CC(C)C1CC(NC(=O)Cc2ccccc2Br)CCO1. The van der Waals surface area contributed by atoms with E-state index in [0.29, 0.717) is 12.3 Å². The van der Waals surface area contributed by atoms with E-state index in [0.717, 1.165) is 29.5 Å². The van der Waals surface area contributed by atoms with E-state index >= 15 is 0 Å². The number of carbonyl (C=O) groups excluding carboxylic acids is 1. The lowest BCUT2D eigenvalue weighted by atomic mass is 9.95. The molecule has 1 aromatic carbocycles. The molecule has 0 bridgehead atoms. The molecular formula is C16H22BrNO2. The number of amides is 1. The number of carbonyl (C=O) groups is 1. The normalized spacial score (nSPS) is 22.8. The highest BCUT2D eigenvalue weighted by Gasteiger charge is 2.25. The average molecular weight is 340 g/mol. The van der Waals surface area contributed by atoms with Crippen LogP contribution in [0.25, 0.3) is 0 Å². The summed E-state index contributed by atoms with van der Waals surface area (Å²) in [5.41, 5.74) is 1.03. The second-order valence-electron chi connectivity index (χ2n) is 5.71. The van der Waals surface area contributed by atoms with E-state index in [1.807, 2.05) is 24.3 Å². The van der Waals surface area contributed by atoms with Crippen molar-refractivity contribution in [3.63, 3.8) is 0 Å². The van der Waals surface area contributed by atoms with E-state index in [-0.39, 0.29) is 18.1 Å². The Kier molecular flexibility index (Phi) is 5.61. The Balaban J connectivity index is 1.87. The van der Waals surface area contributed by atoms with Gasteiger partial charge in [-0.3, -0.25) is 4.79 Å². The third-order valence-electron chi connectivity index (χ3n) is 3.73. The Labute approximate surface area is 129 Å². The molecule has 110 valence electrons. The van der Waals surface area contributed by atoms with Crippen molar-refractivity contribution in [2.24, 2.45) is 5.92 Å². The van der Waals surface area contributed by atoms with Gasteiger partial charge in [0.1, 0.15) is 0 Å². The Morgan fingerprint density at radius 3 is 2.90 bits per heavy atom. The molecule has 1 amide bonds. The lowest BCUT2D eigenvalue weighted by molar-refractivity contribution is -0.122. The van der Waals surface area contributed by atoms with Gasteiger partial charge >= 0.3 is 0 Å². The van der Waals surface area contributed by atoms with Crippen LogP contribution in [0.5, 0.6) is 0 Å². The summed E-state index contributed by atoms with van der Waals surface area (Å²) in [5, 5.41) is 3.14. The summed E-state index contributed by atoms with van der Waals surface area (Å²) >= 11 is 3.48. The molecule has 2 atom stereocenters. The fraction of sp³-hybridized carbons (Fsp3) is 0.562. The number of rotatable bonds is 4. The lowest BCUT2D eigenvalue weighted by Gasteiger charge is -2.32. The van der Waals surface area contributed by atoms with Crippen LogP contribution < -0.4 is 5.32 Å². The number of nitrogens with one attached hydrogen (secondary N) is 1. The van der Waals surface area contributed by atoms with Crippen LogP contribution in [0.4, 0.5) is 0 Å². The summed E-state index contributed by atoms with van der Waals surface area (Å²) in [6.45, 7) is 5.06. The highest BCUT2D eigenvalue weighted by Crippen LogP contribution is 2.21. The number of hydrogen-bond donors (Lipinski definition) is 1. The lowest BCUT2D eigenvalue weighted by Crippen LogP contribution is -2.43. The zero-order valence-electron chi connectivity index (χ0n) is 12.1. The summed E-state index contributed by atoms with van der Waals surface area (Å²) in [6, 6.07) is 8.09. The van der Waals surface area contributed by atoms with E-state index in [1.54, 1.807) is 0 Å². The summed E-state index contributed by atoms with van der Waals surface area (Å²) in [7, 11) is 0. The number of hydrogen-bond acceptors (Lipinski definition) is 2. The van der Waals surface area contributed by atoms with Crippen LogP contribution in [0.3, 0.4) is 0 Å². The molecule has 1 fully saturated rings. The summed E-state index contributed by atoms with van der Waals surface area (Å²) in [6.07, 6.45) is 2.51. The molecule has 1 heterocycles. The fourth-order valence-corrected chi connectivity index (χ4v) is 2.94. The van der Waals surface area contributed by atoms with Gasteiger partial charge in [-0.15, -0.1) is 0 Å². The second-order valence-corrected chi connectivity index (χ2v) is 6.56. The first-order valence-electron chi connectivity index (χ1n) is 7.20. The van der Waals surface area contributed by atoms with E-state index in [4.69, 9.17) is 4.74 Å². The Morgan fingerprint density at radius 1 is 1.45 bits per heavy atom. The average Bonchev–Trinajstić information content (AvgIpc) is 2.41. The first-order chi connectivity index (χ1) is 9.56. The molecule has 1 aliphatic rings. The zero-order chi connectivity index (χ0) is 14.5. The second kappa shape index (κ2) is 7.23. The summed E-state index contributed by atoms with van der Waals surface area (Å²) in [5.74, 6) is 0.587. The predicted molar refractivity (Wildman–Crippen MR) is 83.6 cm³/mol. The first-order valence-corrected chi connectivity index (χ1v) is 8.00. The van der Waals surface area contributed by atoms with Crippen molar-refractivity contribution >= 4 is 21.8 Å². The van der Waals surface area contributed by atoms with Crippen LogP contribution in [0.2, 0.25) is 0 Å². The summed E-state index contributed by atoms with van der Waals surface area (Å²) < 4.78 is 6.72. The van der Waals surface area contributed by atoms with Gasteiger partial charge in [0, 0.05) is 17.1 Å². The van der Waals surface area contributed by atoms with Crippen LogP contribution in [-0.4, -0.2) is 24.7 Å². The van der Waals surface area contributed by atoms with Crippen molar-refractivity contribution < 1.29 is 9.53 Å². The first kappa shape index (κ1) is 15.5. The third kappa shape index (κ3) is 4.32. The minimum absolute atomic E-state index is 0.0892. The maximum Gasteiger partial charge on any atom is 0.224 e. The molecule has 0 saturated carbocycles. The quantitative estimate of drug-likeness (QED) is 0.913. The minimum atomic E-state index is 0.0892. The highest BCUT2D eigenvalue weighted by molar-refractivity contribution is 9.10. The molecule has 1 aromatic rings. The molecule has 1 saturated heterocycles. The molecule has 0 aromatic heterocycles. The van der Waals surface area contributed by atoms with Crippen molar-refractivity contribution in [2.75, 3.05) is 6.61 Å². The zero-order valence-corrected chi connectivity index (χ0v) is 13.7. The van der Waals surface area contributed by atoms with Gasteiger partial charge in [0.05, 0.1) is 12.5 Å². The van der Waals surface area contributed by atoms with Crippen molar-refractivity contribution in [1.82, 2.24) is 5.32 Å². The molecule has 0 spiro atoms. The largest absolute Gasteiger partial charge is 0.378 e. The molecule has 2 rings (SSSR count). The van der Waals surface area contributed by atoms with E-state index in [1.165, 1.54) is 0 Å². The van der Waals surface area contributed by atoms with Crippen molar-refractivity contribution in [2.45, 2.75) is 45.3 Å². The smallest absolute Gasteiger partial charge is 0.224 e. The standard InChI is InChI=1S/C16H22BrNO2/c1-11(2)15-10-13(7-8-20-15)18-16(19)9-12-5-3-4-6-14(12)17/h3-6,11,13,15H,7-10H2,1-2H3,(H,18,19). The fourth-order valence-electron chi connectivity index (χ4n) is 2.52. The molecule has 3 nitrogen and oxygen atoms in total. The minimum Gasteiger partial charge on any atom is -0.378 e. The highest BCUT2D eigenvalue weighted by atomic mass is 79.9. The molecule has 1 aliphatic heterocycles. The Bertz CT molecular complexity index is 462. The van der Waals surface area contributed by atoms with Crippen LogP contribution in [0.1, 0.15) is 32.3 Å². The van der Waals surface area contributed by atoms with Gasteiger partial charge < -0.3 is 10.1 Å². The number of ether oxygens (including phenoxy) is 1. The van der Waals surface area contributed by atoms with Gasteiger partial charge in [-0.05, 0) is 30.4 Å². The van der Waals surface area contributed by atoms with Crippen molar-refractivity contribution in [3.8, 4) is 0 Å². The van der Waals surface area contributed by atoms with Crippen LogP contribution >= 0.6 is 15.9 Å². The van der Waals surface area contributed by atoms with E-state index in [9.17, 15) is 4.79 Å². The van der Waals surface area contributed by atoms with Gasteiger partial charge in [-0.25, -0.2) is 0 Å². The van der Waals surface area contributed by atoms with Gasteiger partial charge in [-0.1, -0.05) is 48.0 Å². The van der Waals surface area contributed by atoms with Crippen LogP contribution in [0.15, 0.2) is 28.7 Å². The third-order valence-corrected chi connectivity index (χ3v) is 4.51. The molecule has 20 heavy (non-hydrogen) atoms. The maximum absolute atomic E-state index is 12.1. The van der Waals surface area contributed by atoms with Gasteiger partial charge in [0.15, 0.2) is 0 Å². The van der Waals surface area contributed by atoms with Crippen LogP contribution in [-0.2, 0) is 16.0 Å². The molecule has 1 N–H and O–H groups in total. The van der Waals surface area contributed by atoms with Gasteiger partial charge in [0.2, 0.25) is 5.91 Å². The molecule has 4 heteroatoms. The van der Waals surface area contributed by atoms with E-state index in [2.05, 4.69) is 35.1 Å². The van der Waals surface area contributed by atoms with Gasteiger partial charge in [-0.2, -0.15) is 0 Å².